The van der Waals surface area contributed by atoms with Gasteiger partial charge in [-0.05, 0) is 13.0 Å². The van der Waals surface area contributed by atoms with Gasteiger partial charge < -0.3 is 11.1 Å². The third kappa shape index (κ3) is 1.49. The molecule has 0 spiro atoms. The highest BCUT2D eigenvalue weighted by Gasteiger charge is 2.11. The molecule has 1 fully saturated rings. The average Bonchev–Trinajstić information content (AvgIpc) is 1.77. The molecule has 0 bridgehead atoms. The van der Waals surface area contributed by atoms with Crippen molar-refractivity contribution in [1.82, 2.24) is 5.32 Å². The van der Waals surface area contributed by atoms with Gasteiger partial charge in [0.2, 0.25) is 0 Å². The van der Waals surface area contributed by atoms with Crippen LogP contribution in [0.2, 0.25) is 5.82 Å². The molecule has 1 heterocycles. The molecule has 2 unspecified atom stereocenters. The second-order valence-corrected chi connectivity index (χ2v) is 2.35. The first kappa shape index (κ1) is 6.11. The lowest BCUT2D eigenvalue weighted by Crippen LogP contribution is -2.43. The normalized spacial score (nSPS) is 39.6. The second kappa shape index (κ2) is 2.51. The van der Waals surface area contributed by atoms with E-state index in [2.05, 4.69) is 5.32 Å². The van der Waals surface area contributed by atoms with E-state index in [-0.39, 0.29) is 6.17 Å². The number of nitrogens with two attached hydrogens (primary N) is 1. The molecule has 0 aromatic rings. The minimum atomic E-state index is 0.190. The van der Waals surface area contributed by atoms with E-state index in [4.69, 9.17) is 13.6 Å². The molecule has 0 aromatic heterocycles. The predicted molar refractivity (Wildman–Crippen MR) is 34.7 cm³/mol. The molecular weight excluding hydrogens is 98.9 g/mol. The number of hydrogen-bond acceptors (Lipinski definition) is 2. The average molecular weight is 110 g/mol. The summed E-state index contributed by atoms with van der Waals surface area (Å²) >= 11 is 0. The third-order valence-corrected chi connectivity index (χ3v) is 1.49. The molecule has 44 valence electrons. The van der Waals surface area contributed by atoms with E-state index in [9.17, 15) is 0 Å². The van der Waals surface area contributed by atoms with Crippen molar-refractivity contribution in [2.45, 2.75) is 24.8 Å². The highest BCUT2D eigenvalue weighted by Crippen LogP contribution is 2.12. The molecule has 1 aliphatic rings. The maximum atomic E-state index is 5.58. The van der Waals surface area contributed by atoms with Gasteiger partial charge in [-0.15, -0.1) is 0 Å². The van der Waals surface area contributed by atoms with Crippen LogP contribution in [-0.4, -0.2) is 20.6 Å². The van der Waals surface area contributed by atoms with Crippen molar-refractivity contribution in [1.29, 1.82) is 0 Å². The largest absolute Gasteiger partial charge is 0.316 e. The fraction of sp³-hybridized carbons (Fsp3) is 1.00. The Hall–Kier alpha value is -0.0151. The summed E-state index contributed by atoms with van der Waals surface area (Å²) in [6.07, 6.45) is 2.27. The molecule has 0 aliphatic carbocycles. The summed E-state index contributed by atoms with van der Waals surface area (Å²) in [6.45, 7) is 0.876. The monoisotopic (exact) mass is 110 g/mol. The zero-order valence-electron chi connectivity index (χ0n) is 4.93. The Balaban J connectivity index is 2.19. The highest BCUT2D eigenvalue weighted by atomic mass is 15.0. The van der Waals surface area contributed by atoms with Crippen LogP contribution in [0.25, 0.3) is 0 Å². The standard InChI is InChI=1S/C5H11BN2/c6-4-1-2-5(7)8-3-4/h4-5,8H,1-3,7H2. The van der Waals surface area contributed by atoms with Crippen molar-refractivity contribution < 1.29 is 0 Å². The van der Waals surface area contributed by atoms with Crippen molar-refractivity contribution in [3.63, 3.8) is 0 Å². The second-order valence-electron chi connectivity index (χ2n) is 2.35. The molecule has 1 aliphatic heterocycles. The Bertz CT molecular complexity index is 58.8. The molecule has 1 rings (SSSR count). The van der Waals surface area contributed by atoms with Crippen LogP contribution in [0.5, 0.6) is 0 Å². The van der Waals surface area contributed by atoms with Gasteiger partial charge in [-0.25, -0.2) is 0 Å². The molecule has 2 nitrogen and oxygen atoms in total. The van der Waals surface area contributed by atoms with Gasteiger partial charge in [0.25, 0.3) is 0 Å². The van der Waals surface area contributed by atoms with Crippen LogP contribution in [0.4, 0.5) is 0 Å². The van der Waals surface area contributed by atoms with Crippen LogP contribution < -0.4 is 11.1 Å². The highest BCUT2D eigenvalue weighted by molar-refractivity contribution is 6.11. The topological polar surface area (TPSA) is 38.0 Å². The number of nitrogens with one attached hydrogen (secondary N) is 1. The number of hydrogen-bond donors (Lipinski definition) is 2. The molecule has 2 radical (unpaired) electrons. The fourth-order valence-electron chi connectivity index (χ4n) is 0.901. The van der Waals surface area contributed by atoms with E-state index in [0.717, 1.165) is 19.4 Å². The van der Waals surface area contributed by atoms with Gasteiger partial charge in [-0.3, -0.25) is 0 Å². The van der Waals surface area contributed by atoms with Gasteiger partial charge >= 0.3 is 0 Å². The Morgan fingerprint density at radius 2 is 2.25 bits per heavy atom. The summed E-state index contributed by atoms with van der Waals surface area (Å²) in [5.74, 6) is 0.329. The van der Waals surface area contributed by atoms with Crippen LogP contribution in [-0.2, 0) is 0 Å². The Kier molecular flexibility index (Phi) is 1.92. The Labute approximate surface area is 51.2 Å². The molecule has 3 heteroatoms. The minimum absolute atomic E-state index is 0.190. The van der Waals surface area contributed by atoms with E-state index >= 15 is 0 Å². The predicted octanol–water partition coefficient (Wildman–Crippen LogP) is -0.388. The minimum Gasteiger partial charge on any atom is -0.316 e. The van der Waals surface area contributed by atoms with Gasteiger partial charge in [-0.2, -0.15) is 0 Å². The summed E-state index contributed by atoms with van der Waals surface area (Å²) < 4.78 is 0. The van der Waals surface area contributed by atoms with E-state index in [1.165, 1.54) is 0 Å². The van der Waals surface area contributed by atoms with E-state index in [1.807, 2.05) is 0 Å². The van der Waals surface area contributed by atoms with Gasteiger partial charge in [0, 0.05) is 0 Å². The van der Waals surface area contributed by atoms with Gasteiger partial charge in [0.1, 0.15) is 0 Å². The van der Waals surface area contributed by atoms with Crippen molar-refractivity contribution in [3.05, 3.63) is 0 Å². The molecule has 0 saturated carbocycles. The smallest absolute Gasteiger partial charge is 0.0716 e. The van der Waals surface area contributed by atoms with Crippen molar-refractivity contribution in [3.8, 4) is 0 Å². The van der Waals surface area contributed by atoms with Gasteiger partial charge in [0.05, 0.1) is 14.0 Å². The third-order valence-electron chi connectivity index (χ3n) is 1.49. The summed E-state index contributed by atoms with van der Waals surface area (Å²) in [6, 6.07) is 0. The molecule has 8 heavy (non-hydrogen) atoms. The van der Waals surface area contributed by atoms with Crippen molar-refractivity contribution >= 4 is 7.85 Å². The number of piperidine rings is 1. The van der Waals surface area contributed by atoms with Crippen LogP contribution in [0, 0.1) is 0 Å². The lowest BCUT2D eigenvalue weighted by atomic mass is 9.81. The molecule has 3 N–H and O–H groups in total. The van der Waals surface area contributed by atoms with Gasteiger partial charge in [-0.1, -0.05) is 12.2 Å². The van der Waals surface area contributed by atoms with Crippen LogP contribution in [0.1, 0.15) is 12.8 Å². The van der Waals surface area contributed by atoms with Crippen LogP contribution in [0.15, 0.2) is 0 Å². The van der Waals surface area contributed by atoms with Crippen molar-refractivity contribution in [2.75, 3.05) is 6.54 Å². The lowest BCUT2D eigenvalue weighted by Gasteiger charge is -2.24. The zero-order valence-corrected chi connectivity index (χ0v) is 4.93. The molecule has 2 atom stereocenters. The SMILES string of the molecule is [B]C1CCC(N)NC1. The summed E-state index contributed by atoms with van der Waals surface area (Å²) in [7, 11) is 5.58. The maximum Gasteiger partial charge on any atom is 0.0716 e. The van der Waals surface area contributed by atoms with Crippen LogP contribution in [0.3, 0.4) is 0 Å². The Morgan fingerprint density at radius 3 is 2.62 bits per heavy atom. The fourth-order valence-corrected chi connectivity index (χ4v) is 0.901. The molecular formula is C5H11BN2. The Morgan fingerprint density at radius 1 is 1.50 bits per heavy atom. The van der Waals surface area contributed by atoms with E-state index < -0.39 is 0 Å². The summed E-state index contributed by atoms with van der Waals surface area (Å²) in [5, 5.41) is 3.08. The summed E-state index contributed by atoms with van der Waals surface area (Å²) in [4.78, 5) is 0. The van der Waals surface area contributed by atoms with E-state index in [0.29, 0.717) is 5.82 Å². The number of rotatable bonds is 0. The summed E-state index contributed by atoms with van der Waals surface area (Å²) in [5.41, 5.74) is 5.53. The van der Waals surface area contributed by atoms with Crippen molar-refractivity contribution in [2.24, 2.45) is 5.73 Å². The quantitative estimate of drug-likeness (QED) is 0.417. The first-order valence-corrected chi connectivity index (χ1v) is 3.03. The maximum absolute atomic E-state index is 5.58. The molecule has 0 amide bonds. The lowest BCUT2D eigenvalue weighted by molar-refractivity contribution is 0.411. The zero-order chi connectivity index (χ0) is 5.98. The van der Waals surface area contributed by atoms with Crippen LogP contribution >= 0.6 is 0 Å². The van der Waals surface area contributed by atoms with E-state index in [1.54, 1.807) is 0 Å². The first-order chi connectivity index (χ1) is 3.79. The van der Waals surface area contributed by atoms with Gasteiger partial charge in [0.15, 0.2) is 0 Å². The molecule has 0 aromatic carbocycles. The first-order valence-electron chi connectivity index (χ1n) is 3.03. The molecule has 1 saturated heterocycles.